The highest BCUT2D eigenvalue weighted by Gasteiger charge is 2.17. The van der Waals surface area contributed by atoms with E-state index in [1.165, 1.54) is 47.9 Å². The van der Waals surface area contributed by atoms with Crippen LogP contribution in [0.2, 0.25) is 0 Å². The van der Waals surface area contributed by atoms with Gasteiger partial charge in [0.15, 0.2) is 4.80 Å². The number of rotatable bonds is 4. The fraction of sp³-hybridized carbons (Fsp3) is 0.250. The average Bonchev–Trinajstić information content (AvgIpc) is 3.14. The van der Waals surface area contributed by atoms with Gasteiger partial charge in [-0.15, -0.1) is 5.10 Å². The Bertz CT molecular complexity index is 1070. The van der Waals surface area contributed by atoms with Gasteiger partial charge in [0.1, 0.15) is 17.9 Å². The SMILES string of the molecule is COC(=O)Cn1c(=NC(=O)c2cn(C)nc2OC)sc2cc(F)ccc21. The van der Waals surface area contributed by atoms with Crippen molar-refractivity contribution in [1.29, 1.82) is 0 Å². The van der Waals surface area contributed by atoms with Crippen molar-refractivity contribution in [2.24, 2.45) is 12.0 Å². The quantitative estimate of drug-likeness (QED) is 0.642. The van der Waals surface area contributed by atoms with E-state index < -0.39 is 17.7 Å². The summed E-state index contributed by atoms with van der Waals surface area (Å²) in [4.78, 5) is 28.6. The maximum absolute atomic E-state index is 13.5. The number of fused-ring (bicyclic) bond motifs is 1. The Hall–Kier alpha value is -3.01. The van der Waals surface area contributed by atoms with Gasteiger partial charge in [-0.1, -0.05) is 11.3 Å². The Kier molecular flexibility index (Phi) is 4.85. The molecule has 1 aromatic carbocycles. The Balaban J connectivity index is 2.15. The first kappa shape index (κ1) is 17.8. The largest absolute Gasteiger partial charge is 0.479 e. The van der Waals surface area contributed by atoms with Crippen LogP contribution in [0.4, 0.5) is 4.39 Å². The third-order valence-corrected chi connectivity index (χ3v) is 4.62. The lowest BCUT2D eigenvalue weighted by Crippen LogP contribution is -2.22. The number of carbonyl (C=O) groups excluding carboxylic acids is 2. The summed E-state index contributed by atoms with van der Waals surface area (Å²) in [6.45, 7) is -0.154. The lowest BCUT2D eigenvalue weighted by atomic mass is 10.3. The van der Waals surface area contributed by atoms with Gasteiger partial charge >= 0.3 is 5.97 Å². The molecule has 0 bridgehead atoms. The summed E-state index contributed by atoms with van der Waals surface area (Å²) in [5.74, 6) is -1.37. The number of hydrogen-bond acceptors (Lipinski definition) is 6. The molecule has 0 unspecified atom stereocenters. The van der Waals surface area contributed by atoms with E-state index in [0.29, 0.717) is 10.2 Å². The van der Waals surface area contributed by atoms with E-state index in [4.69, 9.17) is 9.47 Å². The summed E-state index contributed by atoms with van der Waals surface area (Å²) >= 11 is 1.09. The summed E-state index contributed by atoms with van der Waals surface area (Å²) in [6.07, 6.45) is 1.49. The van der Waals surface area contributed by atoms with E-state index in [-0.39, 0.29) is 22.8 Å². The fourth-order valence-electron chi connectivity index (χ4n) is 2.39. The van der Waals surface area contributed by atoms with Crippen LogP contribution in [0.3, 0.4) is 0 Å². The van der Waals surface area contributed by atoms with Gasteiger partial charge in [0.25, 0.3) is 5.91 Å². The predicted molar refractivity (Wildman–Crippen MR) is 91.4 cm³/mol. The molecule has 0 aliphatic carbocycles. The van der Waals surface area contributed by atoms with Crippen LogP contribution in [0, 0.1) is 5.82 Å². The molecule has 0 aliphatic rings. The minimum absolute atomic E-state index is 0.146. The number of esters is 1. The van der Waals surface area contributed by atoms with Crippen molar-refractivity contribution < 1.29 is 23.5 Å². The van der Waals surface area contributed by atoms with Crippen LogP contribution >= 0.6 is 11.3 Å². The molecular formula is C16H15FN4O4S. The lowest BCUT2D eigenvalue weighted by molar-refractivity contribution is -0.141. The zero-order valence-electron chi connectivity index (χ0n) is 14.2. The number of aryl methyl sites for hydroxylation is 1. The van der Waals surface area contributed by atoms with Crippen molar-refractivity contribution in [3.63, 3.8) is 0 Å². The Morgan fingerprint density at radius 3 is 2.81 bits per heavy atom. The minimum Gasteiger partial charge on any atom is -0.479 e. The molecule has 0 saturated carbocycles. The minimum atomic E-state index is -0.583. The van der Waals surface area contributed by atoms with Crippen molar-refractivity contribution >= 4 is 33.4 Å². The smallest absolute Gasteiger partial charge is 0.325 e. The van der Waals surface area contributed by atoms with E-state index in [2.05, 4.69) is 10.1 Å². The van der Waals surface area contributed by atoms with Gasteiger partial charge in [-0.05, 0) is 18.2 Å². The van der Waals surface area contributed by atoms with Gasteiger partial charge < -0.3 is 14.0 Å². The van der Waals surface area contributed by atoms with Crippen LogP contribution in [-0.4, -0.2) is 40.4 Å². The van der Waals surface area contributed by atoms with Gasteiger partial charge in [-0.2, -0.15) is 4.99 Å². The summed E-state index contributed by atoms with van der Waals surface area (Å²) < 4.78 is 26.8. The van der Waals surface area contributed by atoms with Crippen molar-refractivity contribution in [1.82, 2.24) is 14.3 Å². The number of carbonyl (C=O) groups is 2. The van der Waals surface area contributed by atoms with Crippen molar-refractivity contribution in [2.75, 3.05) is 14.2 Å². The second kappa shape index (κ2) is 7.08. The third-order valence-electron chi connectivity index (χ3n) is 3.58. The van der Waals surface area contributed by atoms with E-state index >= 15 is 0 Å². The van der Waals surface area contributed by atoms with Gasteiger partial charge in [-0.3, -0.25) is 14.3 Å². The first-order chi connectivity index (χ1) is 12.4. The molecule has 2 aromatic heterocycles. The molecule has 10 heteroatoms. The highest BCUT2D eigenvalue weighted by Crippen LogP contribution is 2.20. The van der Waals surface area contributed by atoms with Crippen LogP contribution in [0.25, 0.3) is 10.2 Å². The number of methoxy groups -OCH3 is 2. The second-order valence-electron chi connectivity index (χ2n) is 5.30. The van der Waals surface area contributed by atoms with Crippen LogP contribution in [-0.2, 0) is 23.1 Å². The molecule has 8 nitrogen and oxygen atoms in total. The van der Waals surface area contributed by atoms with Gasteiger partial charge in [-0.25, -0.2) is 4.39 Å². The summed E-state index contributed by atoms with van der Waals surface area (Å²) in [7, 11) is 4.32. The maximum Gasteiger partial charge on any atom is 0.325 e. The highest BCUT2D eigenvalue weighted by atomic mass is 32.1. The van der Waals surface area contributed by atoms with Crippen molar-refractivity contribution in [2.45, 2.75) is 6.54 Å². The summed E-state index contributed by atoms with van der Waals surface area (Å²) in [6, 6.07) is 4.12. The van der Waals surface area contributed by atoms with Crippen LogP contribution < -0.4 is 9.54 Å². The molecular weight excluding hydrogens is 363 g/mol. The number of ether oxygens (including phenoxy) is 2. The molecule has 2 heterocycles. The molecule has 0 atom stereocenters. The number of amides is 1. The first-order valence-electron chi connectivity index (χ1n) is 7.45. The molecule has 3 rings (SSSR count). The molecule has 136 valence electrons. The normalized spacial score (nSPS) is 11.8. The average molecular weight is 378 g/mol. The summed E-state index contributed by atoms with van der Waals surface area (Å²) in [5.41, 5.74) is 0.759. The highest BCUT2D eigenvalue weighted by molar-refractivity contribution is 7.16. The molecule has 0 saturated heterocycles. The molecule has 0 aliphatic heterocycles. The van der Waals surface area contributed by atoms with Gasteiger partial charge in [0.2, 0.25) is 5.88 Å². The molecule has 3 aromatic rings. The number of halogens is 1. The summed E-state index contributed by atoms with van der Waals surface area (Å²) in [5, 5.41) is 4.02. The molecule has 26 heavy (non-hydrogen) atoms. The van der Waals surface area contributed by atoms with Gasteiger partial charge in [0, 0.05) is 13.2 Å². The van der Waals surface area contributed by atoms with Crippen LogP contribution in [0.15, 0.2) is 29.4 Å². The molecule has 0 fully saturated rings. The van der Waals surface area contributed by atoms with Crippen molar-refractivity contribution in [3.05, 3.63) is 40.6 Å². The molecule has 1 amide bonds. The topological polar surface area (TPSA) is 87.7 Å². The lowest BCUT2D eigenvalue weighted by Gasteiger charge is -2.03. The number of thiazole rings is 1. The molecule has 0 radical (unpaired) electrons. The number of aromatic nitrogens is 3. The molecule has 0 spiro atoms. The Morgan fingerprint density at radius 1 is 1.35 bits per heavy atom. The van der Waals surface area contributed by atoms with E-state index in [1.54, 1.807) is 7.05 Å². The predicted octanol–water partition coefficient (Wildman–Crippen LogP) is 1.50. The fourth-order valence-corrected chi connectivity index (χ4v) is 3.44. The zero-order valence-corrected chi connectivity index (χ0v) is 15.0. The number of hydrogen-bond donors (Lipinski definition) is 0. The third kappa shape index (κ3) is 3.36. The monoisotopic (exact) mass is 378 g/mol. The standard InChI is InChI=1S/C16H15FN4O4S/c1-20-7-10(15(19-20)25-3)14(23)18-16-21(8-13(22)24-2)11-5-4-9(17)6-12(11)26-16/h4-7H,8H2,1-3H3. The Labute approximate surface area is 151 Å². The van der Waals surface area contributed by atoms with E-state index in [0.717, 1.165) is 11.3 Å². The van der Waals surface area contributed by atoms with Crippen LogP contribution in [0.5, 0.6) is 5.88 Å². The van der Waals surface area contributed by atoms with Gasteiger partial charge in [0.05, 0.1) is 24.4 Å². The second-order valence-corrected chi connectivity index (χ2v) is 6.31. The number of nitrogens with zero attached hydrogens (tertiary/aromatic N) is 4. The van der Waals surface area contributed by atoms with Crippen LogP contribution in [0.1, 0.15) is 10.4 Å². The van der Waals surface area contributed by atoms with Crippen molar-refractivity contribution in [3.8, 4) is 5.88 Å². The maximum atomic E-state index is 13.5. The molecule has 0 N–H and O–H groups in total. The van der Waals surface area contributed by atoms with E-state index in [1.807, 2.05) is 0 Å². The first-order valence-corrected chi connectivity index (χ1v) is 8.27. The Morgan fingerprint density at radius 2 is 2.12 bits per heavy atom. The zero-order chi connectivity index (χ0) is 18.8. The van der Waals surface area contributed by atoms with E-state index in [9.17, 15) is 14.0 Å². The number of benzene rings is 1.